The summed E-state index contributed by atoms with van der Waals surface area (Å²) in [5.41, 5.74) is 1.23. The van der Waals surface area contributed by atoms with E-state index in [1.807, 2.05) is 0 Å². The number of carboxylic acids is 1. The van der Waals surface area contributed by atoms with E-state index in [0.717, 1.165) is 0 Å². The number of rotatable bonds is 3. The Morgan fingerprint density at radius 2 is 2.20 bits per heavy atom. The first-order chi connectivity index (χ1) is 9.49. The van der Waals surface area contributed by atoms with E-state index in [1.165, 1.54) is 23.1 Å². The zero-order valence-electron chi connectivity index (χ0n) is 11.2. The summed E-state index contributed by atoms with van der Waals surface area (Å²) in [5, 5.41) is 9.06. The van der Waals surface area contributed by atoms with Crippen LogP contribution in [0.15, 0.2) is 30.3 Å². The summed E-state index contributed by atoms with van der Waals surface area (Å²) in [6.07, 6.45) is 2.54. The van der Waals surface area contributed by atoms with E-state index >= 15 is 0 Å². The molecule has 0 bridgehead atoms. The van der Waals surface area contributed by atoms with Crippen molar-refractivity contribution in [1.82, 2.24) is 4.90 Å². The molecule has 1 aromatic carbocycles. The number of carboxylic acid groups (broad SMARTS) is 1. The number of carbonyl (C=O) groups excluding carboxylic acids is 1. The number of aliphatic carboxylic acids is 1. The van der Waals surface area contributed by atoms with E-state index in [-0.39, 0.29) is 11.7 Å². The molecular weight excluding hydrogens is 261 g/mol. The highest BCUT2D eigenvalue weighted by atomic mass is 19.1. The van der Waals surface area contributed by atoms with Gasteiger partial charge in [-0.15, -0.1) is 0 Å². The van der Waals surface area contributed by atoms with Gasteiger partial charge in [0.2, 0.25) is 5.91 Å². The molecule has 4 nitrogen and oxygen atoms in total. The van der Waals surface area contributed by atoms with Crippen molar-refractivity contribution in [2.24, 2.45) is 0 Å². The summed E-state index contributed by atoms with van der Waals surface area (Å²) in [4.78, 5) is 24.5. The molecule has 1 aliphatic rings. The van der Waals surface area contributed by atoms with Crippen molar-refractivity contribution < 1.29 is 19.1 Å². The Labute approximate surface area is 116 Å². The maximum Gasteiger partial charge on any atom is 0.326 e. The van der Waals surface area contributed by atoms with Gasteiger partial charge in [0.05, 0.1) is 0 Å². The highest BCUT2D eigenvalue weighted by Crippen LogP contribution is 2.20. The minimum absolute atomic E-state index is 0.336. The summed E-state index contributed by atoms with van der Waals surface area (Å²) in [5.74, 6) is -1.68. The number of likely N-dealkylation sites (tertiary alicyclic amines) is 1. The van der Waals surface area contributed by atoms with Crippen LogP contribution in [0.3, 0.4) is 0 Å². The fourth-order valence-corrected chi connectivity index (χ4v) is 2.37. The van der Waals surface area contributed by atoms with Gasteiger partial charge in [0, 0.05) is 12.6 Å². The third kappa shape index (κ3) is 3.04. The second-order valence-corrected chi connectivity index (χ2v) is 4.87. The Bertz CT molecular complexity index is 568. The van der Waals surface area contributed by atoms with Crippen LogP contribution in [0.1, 0.15) is 25.3 Å². The Hall–Kier alpha value is -2.17. The fourth-order valence-electron chi connectivity index (χ4n) is 2.37. The summed E-state index contributed by atoms with van der Waals surface area (Å²) in [6.45, 7) is 2.15. The number of carbonyl (C=O) groups is 2. The standard InChI is InChI=1S/C15H16FNO3/c1-10(11-4-2-5-12(16)9-11)8-14(18)17-7-3-6-13(17)15(19)20/h2,4-5,8-9,13H,3,6-7H2,1H3,(H,19,20)/b10-8+/t13-/m1/s1. The van der Waals surface area contributed by atoms with Gasteiger partial charge in [0.25, 0.3) is 0 Å². The van der Waals surface area contributed by atoms with Crippen molar-refractivity contribution in [3.8, 4) is 0 Å². The van der Waals surface area contributed by atoms with E-state index in [9.17, 15) is 14.0 Å². The Kier molecular flexibility index (Phi) is 4.17. The Morgan fingerprint density at radius 1 is 1.45 bits per heavy atom. The molecule has 1 aromatic rings. The molecule has 0 saturated carbocycles. The molecule has 5 heteroatoms. The minimum Gasteiger partial charge on any atom is -0.480 e. The zero-order chi connectivity index (χ0) is 14.7. The minimum atomic E-state index is -0.979. The van der Waals surface area contributed by atoms with E-state index in [4.69, 9.17) is 5.11 Å². The highest BCUT2D eigenvalue weighted by Gasteiger charge is 2.32. The SMILES string of the molecule is C/C(=C\C(=O)N1CCC[C@@H]1C(=O)O)c1cccc(F)c1. The van der Waals surface area contributed by atoms with Crippen LogP contribution < -0.4 is 0 Å². The lowest BCUT2D eigenvalue weighted by Crippen LogP contribution is -2.39. The summed E-state index contributed by atoms with van der Waals surface area (Å²) in [6, 6.07) is 5.21. The average Bonchev–Trinajstić information content (AvgIpc) is 2.88. The summed E-state index contributed by atoms with van der Waals surface area (Å²) < 4.78 is 13.1. The van der Waals surface area contributed by atoms with Gasteiger partial charge in [-0.1, -0.05) is 12.1 Å². The van der Waals surface area contributed by atoms with Crippen LogP contribution in [0.25, 0.3) is 5.57 Å². The molecule has 1 fully saturated rings. The van der Waals surface area contributed by atoms with Gasteiger partial charge in [0.1, 0.15) is 11.9 Å². The van der Waals surface area contributed by atoms with E-state index in [1.54, 1.807) is 19.1 Å². The van der Waals surface area contributed by atoms with Gasteiger partial charge in [-0.3, -0.25) is 4.79 Å². The Morgan fingerprint density at radius 3 is 2.85 bits per heavy atom. The first kappa shape index (κ1) is 14.2. The highest BCUT2D eigenvalue weighted by molar-refractivity contribution is 5.97. The summed E-state index contributed by atoms with van der Waals surface area (Å²) >= 11 is 0. The van der Waals surface area contributed by atoms with Crippen molar-refractivity contribution in [2.45, 2.75) is 25.8 Å². The molecule has 1 N–H and O–H groups in total. The monoisotopic (exact) mass is 277 g/mol. The van der Waals surface area contributed by atoms with Crippen molar-refractivity contribution in [3.05, 3.63) is 41.7 Å². The first-order valence-corrected chi connectivity index (χ1v) is 6.46. The first-order valence-electron chi connectivity index (χ1n) is 6.46. The number of amides is 1. The van der Waals surface area contributed by atoms with Crippen molar-refractivity contribution in [1.29, 1.82) is 0 Å². The second kappa shape index (κ2) is 5.86. The number of hydrogen-bond acceptors (Lipinski definition) is 2. The molecule has 1 amide bonds. The second-order valence-electron chi connectivity index (χ2n) is 4.87. The largest absolute Gasteiger partial charge is 0.480 e. The topological polar surface area (TPSA) is 57.6 Å². The van der Waals surface area contributed by atoms with Crippen LogP contribution in [0, 0.1) is 5.82 Å². The quantitative estimate of drug-likeness (QED) is 0.862. The third-order valence-electron chi connectivity index (χ3n) is 3.44. The molecule has 0 aromatic heterocycles. The lowest BCUT2D eigenvalue weighted by Gasteiger charge is -2.20. The molecule has 0 spiro atoms. The van der Waals surface area contributed by atoms with E-state index < -0.39 is 12.0 Å². The lowest BCUT2D eigenvalue weighted by atomic mass is 10.1. The molecule has 1 saturated heterocycles. The Balaban J connectivity index is 2.17. The van der Waals surface area contributed by atoms with Gasteiger partial charge in [-0.05, 0) is 43.0 Å². The van der Waals surface area contributed by atoms with Gasteiger partial charge < -0.3 is 10.0 Å². The molecular formula is C15H16FNO3. The molecule has 0 aliphatic carbocycles. The van der Waals surface area contributed by atoms with Crippen LogP contribution in [-0.4, -0.2) is 34.5 Å². The van der Waals surface area contributed by atoms with Crippen molar-refractivity contribution in [2.75, 3.05) is 6.54 Å². The smallest absolute Gasteiger partial charge is 0.326 e. The van der Waals surface area contributed by atoms with Crippen LogP contribution in [0.2, 0.25) is 0 Å². The van der Waals surface area contributed by atoms with Gasteiger partial charge in [-0.2, -0.15) is 0 Å². The zero-order valence-corrected chi connectivity index (χ0v) is 11.2. The number of hydrogen-bond donors (Lipinski definition) is 1. The molecule has 0 radical (unpaired) electrons. The predicted octanol–water partition coefficient (Wildman–Crippen LogP) is 2.30. The fraction of sp³-hybridized carbons (Fsp3) is 0.333. The molecule has 106 valence electrons. The maximum absolute atomic E-state index is 13.1. The molecule has 2 rings (SSSR count). The number of halogens is 1. The molecule has 0 unspecified atom stereocenters. The van der Waals surface area contributed by atoms with Crippen LogP contribution in [0.5, 0.6) is 0 Å². The van der Waals surface area contributed by atoms with Crippen molar-refractivity contribution >= 4 is 17.4 Å². The molecule has 20 heavy (non-hydrogen) atoms. The van der Waals surface area contributed by atoms with Crippen molar-refractivity contribution in [3.63, 3.8) is 0 Å². The maximum atomic E-state index is 13.1. The van der Waals surface area contributed by atoms with Gasteiger partial charge in [-0.25, -0.2) is 9.18 Å². The van der Waals surface area contributed by atoms with Crippen LogP contribution >= 0.6 is 0 Å². The normalized spacial score (nSPS) is 19.2. The summed E-state index contributed by atoms with van der Waals surface area (Å²) in [7, 11) is 0. The number of benzene rings is 1. The number of allylic oxidation sites excluding steroid dienone is 1. The molecule has 1 heterocycles. The molecule has 1 atom stereocenters. The predicted molar refractivity (Wildman–Crippen MR) is 72.4 cm³/mol. The van der Waals surface area contributed by atoms with Gasteiger partial charge in [0.15, 0.2) is 0 Å². The van der Waals surface area contributed by atoms with E-state index in [2.05, 4.69) is 0 Å². The van der Waals surface area contributed by atoms with Crippen LogP contribution in [0.4, 0.5) is 4.39 Å². The van der Waals surface area contributed by atoms with E-state index in [0.29, 0.717) is 30.5 Å². The van der Waals surface area contributed by atoms with Gasteiger partial charge >= 0.3 is 5.97 Å². The third-order valence-corrected chi connectivity index (χ3v) is 3.44. The molecule has 1 aliphatic heterocycles. The lowest BCUT2D eigenvalue weighted by molar-refractivity contribution is -0.146. The van der Waals surface area contributed by atoms with Crippen LogP contribution in [-0.2, 0) is 9.59 Å². The average molecular weight is 277 g/mol. The number of nitrogens with zero attached hydrogens (tertiary/aromatic N) is 1.